The first-order chi connectivity index (χ1) is 18.5. The summed E-state index contributed by atoms with van der Waals surface area (Å²) in [6.45, 7) is 3.66. The van der Waals surface area contributed by atoms with Crippen LogP contribution >= 0.6 is 0 Å². The normalized spacial score (nSPS) is 20.0. The lowest BCUT2D eigenvalue weighted by Crippen LogP contribution is -2.53. The molecule has 210 valence electrons. The van der Waals surface area contributed by atoms with Crippen molar-refractivity contribution in [3.63, 3.8) is 0 Å². The molecule has 4 rings (SSSR count). The van der Waals surface area contributed by atoms with Gasteiger partial charge in [0.1, 0.15) is 10.9 Å². The first-order valence-electron chi connectivity index (χ1n) is 12.7. The lowest BCUT2D eigenvalue weighted by Gasteiger charge is -2.27. The Bertz CT molecular complexity index is 1510. The van der Waals surface area contributed by atoms with Crippen LogP contribution in [0.25, 0.3) is 10.9 Å². The molecule has 1 aromatic carbocycles. The van der Waals surface area contributed by atoms with Crippen molar-refractivity contribution < 1.29 is 26.7 Å². The molecule has 2 unspecified atom stereocenters. The predicted octanol–water partition coefficient (Wildman–Crippen LogP) is 1.65. The molecule has 1 aliphatic heterocycles. The van der Waals surface area contributed by atoms with Crippen LogP contribution in [0.5, 0.6) is 0 Å². The van der Waals surface area contributed by atoms with E-state index in [0.29, 0.717) is 23.7 Å². The summed E-state index contributed by atoms with van der Waals surface area (Å²) < 4.78 is 56.5. The number of carbonyl (C=O) groups is 1. The van der Waals surface area contributed by atoms with Gasteiger partial charge in [-0.25, -0.2) is 21.8 Å². The Hall–Kier alpha value is -2.97. The smallest absolute Gasteiger partial charge is 0.260 e. The number of hydrogen-bond donors (Lipinski definition) is 3. The number of aliphatic hydroxyl groups is 1. The zero-order chi connectivity index (χ0) is 28.2. The van der Waals surface area contributed by atoms with Crippen LogP contribution in [0.1, 0.15) is 33.1 Å². The third-order valence-corrected chi connectivity index (χ3v) is 9.84. The van der Waals surface area contributed by atoms with Gasteiger partial charge in [-0.05, 0) is 49.4 Å². The summed E-state index contributed by atoms with van der Waals surface area (Å²) >= 11 is 0. The van der Waals surface area contributed by atoms with E-state index < -0.39 is 44.1 Å². The summed E-state index contributed by atoms with van der Waals surface area (Å²) in [4.78, 5) is 21.5. The molecule has 39 heavy (non-hydrogen) atoms. The molecule has 1 fully saturated rings. The Morgan fingerprint density at radius 3 is 2.51 bits per heavy atom. The second-order valence-electron chi connectivity index (χ2n) is 9.99. The number of aliphatic hydroxyl groups excluding tert-OH is 1. The molecule has 3 aromatic rings. The molecule has 0 bridgehead atoms. The zero-order valence-electron chi connectivity index (χ0n) is 21.8. The van der Waals surface area contributed by atoms with Crippen molar-refractivity contribution in [3.05, 3.63) is 60.9 Å². The maximum Gasteiger partial charge on any atom is 0.260 e. The van der Waals surface area contributed by atoms with Gasteiger partial charge in [0.05, 0.1) is 17.7 Å². The number of β-amino-alcohol motifs (C(OH)–C–C–N with tert-alkyl or cyclic N) is 1. The Labute approximate surface area is 228 Å². The van der Waals surface area contributed by atoms with Gasteiger partial charge in [0.15, 0.2) is 5.03 Å². The van der Waals surface area contributed by atoms with Crippen molar-refractivity contribution in [2.45, 2.75) is 61.2 Å². The Balaban J connectivity index is 1.50. The highest BCUT2D eigenvalue weighted by Crippen LogP contribution is 2.23. The monoisotopic (exact) mass is 575 g/mol. The molecule has 0 saturated carbocycles. The fourth-order valence-electron chi connectivity index (χ4n) is 4.63. The van der Waals surface area contributed by atoms with Gasteiger partial charge in [0.2, 0.25) is 15.9 Å². The molecule has 1 saturated heterocycles. The van der Waals surface area contributed by atoms with Crippen LogP contribution < -0.4 is 10.0 Å². The summed E-state index contributed by atoms with van der Waals surface area (Å²) in [5, 5.41) is 14.2. The summed E-state index contributed by atoms with van der Waals surface area (Å²) in [7, 11) is -8.05. The molecule has 0 spiro atoms. The molecule has 1 amide bonds. The topological polar surface area (TPSA) is 159 Å². The highest BCUT2D eigenvalue weighted by molar-refractivity contribution is 7.89. The number of amides is 1. The van der Waals surface area contributed by atoms with E-state index in [-0.39, 0.29) is 35.3 Å². The minimum Gasteiger partial charge on any atom is -0.390 e. The predicted molar refractivity (Wildman–Crippen MR) is 145 cm³/mol. The van der Waals surface area contributed by atoms with Crippen LogP contribution in [0.4, 0.5) is 0 Å². The first kappa shape index (κ1) is 29.0. The number of aromatic nitrogens is 2. The van der Waals surface area contributed by atoms with E-state index in [0.717, 1.165) is 4.31 Å². The highest BCUT2D eigenvalue weighted by Gasteiger charge is 2.36. The Morgan fingerprint density at radius 2 is 1.79 bits per heavy atom. The van der Waals surface area contributed by atoms with Gasteiger partial charge >= 0.3 is 0 Å². The number of carbonyl (C=O) groups excluding carboxylic acids is 1. The maximum atomic E-state index is 13.4. The summed E-state index contributed by atoms with van der Waals surface area (Å²) in [5.74, 6) is -0.613. The van der Waals surface area contributed by atoms with Crippen molar-refractivity contribution in [1.29, 1.82) is 0 Å². The van der Waals surface area contributed by atoms with E-state index in [9.17, 15) is 26.7 Å². The molecular formula is C26H33N5O6S2. The SMILES string of the molecule is CC(C)CC(NS(=O)(=O)c1cccc2cccnc12)C(=O)NC1CCCN(S(=O)(=O)c2ccccn2)C[C@@H]1O. The van der Waals surface area contributed by atoms with Gasteiger partial charge in [0.25, 0.3) is 10.0 Å². The van der Waals surface area contributed by atoms with Crippen molar-refractivity contribution in [3.8, 4) is 0 Å². The molecule has 11 nitrogen and oxygen atoms in total. The summed E-state index contributed by atoms with van der Waals surface area (Å²) in [5.41, 5.74) is 0.296. The van der Waals surface area contributed by atoms with Crippen LogP contribution in [0, 0.1) is 5.92 Å². The third-order valence-electron chi connectivity index (χ3n) is 6.55. The average molecular weight is 576 g/mol. The number of para-hydroxylation sites is 1. The van der Waals surface area contributed by atoms with Gasteiger partial charge < -0.3 is 10.4 Å². The Morgan fingerprint density at radius 1 is 1.05 bits per heavy atom. The largest absolute Gasteiger partial charge is 0.390 e. The minimum absolute atomic E-state index is 0.0212. The summed E-state index contributed by atoms with van der Waals surface area (Å²) in [6, 6.07) is 11.0. The first-order valence-corrected chi connectivity index (χ1v) is 15.7. The molecular weight excluding hydrogens is 542 g/mol. The van der Waals surface area contributed by atoms with Crippen molar-refractivity contribution in [2.75, 3.05) is 13.1 Å². The van der Waals surface area contributed by atoms with E-state index in [4.69, 9.17) is 0 Å². The third kappa shape index (κ3) is 6.79. The summed E-state index contributed by atoms with van der Waals surface area (Å²) in [6.07, 6.45) is 2.60. The number of pyridine rings is 2. The Kier molecular flexibility index (Phi) is 8.96. The molecule has 3 heterocycles. The molecule has 3 atom stereocenters. The van der Waals surface area contributed by atoms with E-state index in [1.54, 1.807) is 36.4 Å². The van der Waals surface area contributed by atoms with Crippen LogP contribution in [-0.2, 0) is 24.8 Å². The van der Waals surface area contributed by atoms with Crippen molar-refractivity contribution >= 4 is 36.9 Å². The molecule has 1 aliphatic rings. The fraction of sp³-hybridized carbons (Fsp3) is 0.423. The van der Waals surface area contributed by atoms with E-state index >= 15 is 0 Å². The second-order valence-corrected chi connectivity index (χ2v) is 13.6. The van der Waals surface area contributed by atoms with Gasteiger partial charge in [-0.15, -0.1) is 0 Å². The number of hydrogen-bond acceptors (Lipinski definition) is 8. The number of nitrogens with one attached hydrogen (secondary N) is 2. The quantitative estimate of drug-likeness (QED) is 0.347. The molecule has 0 radical (unpaired) electrons. The molecule has 2 aromatic heterocycles. The number of benzene rings is 1. The van der Waals surface area contributed by atoms with Crippen molar-refractivity contribution in [1.82, 2.24) is 24.3 Å². The number of sulfonamides is 2. The number of rotatable bonds is 9. The van der Waals surface area contributed by atoms with Crippen LogP contribution in [0.2, 0.25) is 0 Å². The maximum absolute atomic E-state index is 13.4. The highest BCUT2D eigenvalue weighted by atomic mass is 32.2. The number of nitrogens with zero attached hydrogens (tertiary/aromatic N) is 3. The second kappa shape index (κ2) is 12.0. The fourth-order valence-corrected chi connectivity index (χ4v) is 7.45. The standard InChI is InChI=1S/C26H33N5O6S2/c1-18(2)16-21(30-38(34,35)23-11-5-8-19-9-6-14-28-25(19)23)26(33)29-20-10-7-15-31(17-22(20)32)39(36,37)24-12-3-4-13-27-24/h3-6,8-9,11-14,18,20-22,30,32H,7,10,15-17H2,1-2H3,(H,29,33)/t20?,21?,22-/m0/s1. The lowest BCUT2D eigenvalue weighted by atomic mass is 10.0. The van der Waals surface area contributed by atoms with Crippen LogP contribution in [-0.4, -0.2) is 73.4 Å². The van der Waals surface area contributed by atoms with Gasteiger partial charge in [-0.3, -0.25) is 9.78 Å². The van der Waals surface area contributed by atoms with Gasteiger partial charge in [0, 0.05) is 30.9 Å². The van der Waals surface area contributed by atoms with E-state index in [2.05, 4.69) is 20.0 Å². The molecule has 0 aliphatic carbocycles. The number of fused-ring (bicyclic) bond motifs is 1. The van der Waals surface area contributed by atoms with E-state index in [1.165, 1.54) is 24.5 Å². The van der Waals surface area contributed by atoms with Crippen LogP contribution in [0.3, 0.4) is 0 Å². The van der Waals surface area contributed by atoms with E-state index in [1.807, 2.05) is 13.8 Å². The lowest BCUT2D eigenvalue weighted by molar-refractivity contribution is -0.124. The zero-order valence-corrected chi connectivity index (χ0v) is 23.4. The minimum atomic E-state index is -4.13. The van der Waals surface area contributed by atoms with Gasteiger partial charge in [-0.2, -0.15) is 9.03 Å². The van der Waals surface area contributed by atoms with Gasteiger partial charge in [-0.1, -0.05) is 38.1 Å². The average Bonchev–Trinajstić information content (AvgIpc) is 3.09. The van der Waals surface area contributed by atoms with Crippen LogP contribution in [0.15, 0.2) is 70.8 Å². The molecule has 13 heteroatoms. The molecule has 3 N–H and O–H groups in total. The van der Waals surface area contributed by atoms with Crippen molar-refractivity contribution in [2.24, 2.45) is 5.92 Å².